The van der Waals surface area contributed by atoms with Gasteiger partial charge >= 0.3 is 21.7 Å². The Morgan fingerprint density at radius 2 is 1.00 bits per heavy atom. The zero-order valence-corrected chi connectivity index (χ0v) is 7.71. The van der Waals surface area contributed by atoms with Gasteiger partial charge < -0.3 is 10.2 Å². The Morgan fingerprint density at radius 3 is 1.00 bits per heavy atom. The van der Waals surface area contributed by atoms with Crippen LogP contribution in [0, 0.1) is 0 Å². The molecule has 0 heterocycles. The van der Waals surface area contributed by atoms with Crippen molar-refractivity contribution in [3.63, 3.8) is 0 Å². The minimum absolute atomic E-state index is 0. The van der Waals surface area contributed by atoms with Gasteiger partial charge in [-0.05, 0) is 0 Å². The Morgan fingerprint density at radius 1 is 0.889 bits per heavy atom. The second-order valence-electron chi connectivity index (χ2n) is 1.41. The smallest absolute Gasteiger partial charge is 0.854 e. The van der Waals surface area contributed by atoms with E-state index in [1.165, 1.54) is 0 Å². The van der Waals surface area contributed by atoms with Crippen LogP contribution in [0.2, 0.25) is 0 Å². The molecule has 54 valence electrons. The predicted molar refractivity (Wildman–Crippen MR) is 30.3 cm³/mol. The summed E-state index contributed by atoms with van der Waals surface area (Å²) in [4.78, 5) is 0. The molecule has 0 aliphatic heterocycles. The maximum Gasteiger partial charge on any atom is 2.00 e. The molecule has 9 heavy (non-hydrogen) atoms. The quantitative estimate of drug-likeness (QED) is 0.519. The van der Waals surface area contributed by atoms with Gasteiger partial charge in [-0.15, -0.1) is 13.2 Å². The fraction of sp³-hybridized carbons (Fsp3) is 1.00. The van der Waals surface area contributed by atoms with E-state index in [9.17, 15) is 10.2 Å². The van der Waals surface area contributed by atoms with Gasteiger partial charge in [0.25, 0.3) is 0 Å². The van der Waals surface area contributed by atoms with Gasteiger partial charge in [-0.25, -0.2) is 0 Å². The van der Waals surface area contributed by atoms with Crippen LogP contribution in [0.25, 0.3) is 0 Å². The Hall–Kier alpha value is 0.634. The van der Waals surface area contributed by atoms with Crippen LogP contribution >= 0.6 is 0 Å². The molecule has 0 aliphatic carbocycles. The SMILES string of the molecule is CCC[O-].CCC[O-].[Ti+2]. The van der Waals surface area contributed by atoms with Crippen LogP contribution in [0.1, 0.15) is 26.7 Å². The van der Waals surface area contributed by atoms with E-state index in [0.29, 0.717) is 0 Å². The van der Waals surface area contributed by atoms with Crippen molar-refractivity contribution in [2.45, 2.75) is 26.7 Å². The van der Waals surface area contributed by atoms with Gasteiger partial charge in [0.1, 0.15) is 0 Å². The van der Waals surface area contributed by atoms with Crippen LogP contribution in [-0.4, -0.2) is 13.2 Å². The molecule has 0 rings (SSSR count). The van der Waals surface area contributed by atoms with Crippen molar-refractivity contribution in [1.82, 2.24) is 0 Å². The van der Waals surface area contributed by atoms with Gasteiger partial charge in [-0.1, -0.05) is 26.7 Å². The van der Waals surface area contributed by atoms with E-state index >= 15 is 0 Å². The predicted octanol–water partition coefficient (Wildman–Crippen LogP) is -0.489. The molecular weight excluding hydrogens is 152 g/mol. The van der Waals surface area contributed by atoms with Gasteiger partial charge in [0.15, 0.2) is 0 Å². The molecule has 0 amide bonds. The third-order valence-electron chi connectivity index (χ3n) is 0.408. The molecule has 0 bridgehead atoms. The number of hydrogen-bond donors (Lipinski definition) is 0. The van der Waals surface area contributed by atoms with E-state index in [-0.39, 0.29) is 34.9 Å². The zero-order valence-electron chi connectivity index (χ0n) is 6.14. The van der Waals surface area contributed by atoms with Gasteiger partial charge in [0, 0.05) is 0 Å². The molecule has 0 N–H and O–H groups in total. The standard InChI is InChI=1S/2C3H7O.Ti/c2*1-2-3-4;/h2*2-3H2,1H3;/q2*-1;+2. The number of rotatable bonds is 2. The first-order valence-corrected chi connectivity index (χ1v) is 2.99. The third-order valence-corrected chi connectivity index (χ3v) is 0.408. The van der Waals surface area contributed by atoms with Crippen molar-refractivity contribution in [1.29, 1.82) is 0 Å². The maximum atomic E-state index is 9.30. The maximum absolute atomic E-state index is 9.30. The van der Waals surface area contributed by atoms with Crippen molar-refractivity contribution in [3.8, 4) is 0 Å². The molecule has 0 aliphatic rings. The first-order valence-electron chi connectivity index (χ1n) is 2.99. The van der Waals surface area contributed by atoms with Crippen LogP contribution in [0.3, 0.4) is 0 Å². The average molecular weight is 166 g/mol. The summed E-state index contributed by atoms with van der Waals surface area (Å²) < 4.78 is 0. The summed E-state index contributed by atoms with van der Waals surface area (Å²) in [7, 11) is 0. The van der Waals surface area contributed by atoms with Gasteiger partial charge in [-0.3, -0.25) is 0 Å². The molecule has 0 saturated carbocycles. The van der Waals surface area contributed by atoms with Crippen LogP contribution < -0.4 is 10.2 Å². The van der Waals surface area contributed by atoms with E-state index in [4.69, 9.17) is 0 Å². The summed E-state index contributed by atoms with van der Waals surface area (Å²) >= 11 is 0. The van der Waals surface area contributed by atoms with Gasteiger partial charge in [0.2, 0.25) is 0 Å². The van der Waals surface area contributed by atoms with Crippen molar-refractivity contribution in [2.75, 3.05) is 13.2 Å². The van der Waals surface area contributed by atoms with E-state index in [0.717, 1.165) is 12.8 Å². The van der Waals surface area contributed by atoms with E-state index in [1.807, 2.05) is 13.8 Å². The second kappa shape index (κ2) is 23.4. The van der Waals surface area contributed by atoms with Crippen LogP contribution in [-0.2, 0) is 21.7 Å². The largest absolute Gasteiger partial charge is 2.00 e. The Kier molecular flexibility index (Phi) is 42.5. The molecule has 0 radical (unpaired) electrons. The molecule has 0 atom stereocenters. The minimum atomic E-state index is 0. The molecule has 0 unspecified atom stereocenters. The van der Waals surface area contributed by atoms with Crippen molar-refractivity contribution < 1.29 is 31.9 Å². The van der Waals surface area contributed by atoms with Crippen LogP contribution in [0.5, 0.6) is 0 Å². The molecule has 3 heteroatoms. The molecule has 2 nitrogen and oxygen atoms in total. The summed E-state index contributed by atoms with van der Waals surface area (Å²) in [6.07, 6.45) is 1.53. The zero-order chi connectivity index (χ0) is 6.83. The average Bonchev–Trinajstić information content (AvgIpc) is 1.88. The molecule has 0 aromatic rings. The summed E-state index contributed by atoms with van der Waals surface area (Å²) in [6, 6.07) is 0. The molecule has 0 aromatic carbocycles. The normalized spacial score (nSPS) is 6.67. The topological polar surface area (TPSA) is 46.1 Å². The Labute approximate surface area is 72.2 Å². The van der Waals surface area contributed by atoms with Crippen LogP contribution in [0.15, 0.2) is 0 Å². The van der Waals surface area contributed by atoms with Crippen LogP contribution in [0.4, 0.5) is 0 Å². The fourth-order valence-electron chi connectivity index (χ4n) is 0. The van der Waals surface area contributed by atoms with Crippen molar-refractivity contribution in [3.05, 3.63) is 0 Å². The molecular formula is C6H14O2Ti. The summed E-state index contributed by atoms with van der Waals surface area (Å²) in [5, 5.41) is 18.6. The molecule has 0 saturated heterocycles. The fourth-order valence-corrected chi connectivity index (χ4v) is 0. The first-order chi connectivity index (χ1) is 3.83. The third kappa shape index (κ3) is 54.8. The minimum Gasteiger partial charge on any atom is -0.854 e. The number of hydrogen-bond acceptors (Lipinski definition) is 2. The Bertz CT molecular complexity index is 19.0. The molecule has 0 aromatic heterocycles. The molecule has 0 spiro atoms. The van der Waals surface area contributed by atoms with Gasteiger partial charge in [-0.2, -0.15) is 0 Å². The van der Waals surface area contributed by atoms with Crippen molar-refractivity contribution in [2.24, 2.45) is 0 Å². The summed E-state index contributed by atoms with van der Waals surface area (Å²) in [5.41, 5.74) is 0. The molecule has 0 fully saturated rings. The second-order valence-corrected chi connectivity index (χ2v) is 1.41. The summed E-state index contributed by atoms with van der Waals surface area (Å²) in [5.74, 6) is 0. The van der Waals surface area contributed by atoms with E-state index in [2.05, 4.69) is 0 Å². The van der Waals surface area contributed by atoms with E-state index < -0.39 is 0 Å². The Balaban J connectivity index is -0.0000000720. The van der Waals surface area contributed by atoms with E-state index in [1.54, 1.807) is 0 Å². The van der Waals surface area contributed by atoms with Gasteiger partial charge in [0.05, 0.1) is 0 Å². The monoisotopic (exact) mass is 166 g/mol. The first kappa shape index (κ1) is 16.3. The summed E-state index contributed by atoms with van der Waals surface area (Å²) in [6.45, 7) is 3.88. The van der Waals surface area contributed by atoms with Crippen molar-refractivity contribution >= 4 is 0 Å².